The van der Waals surface area contributed by atoms with Crippen molar-refractivity contribution in [2.45, 2.75) is 13.5 Å². The van der Waals surface area contributed by atoms with E-state index in [1.807, 2.05) is 35.7 Å². The molecule has 3 aromatic rings. The smallest absolute Gasteiger partial charge is 0.348 e. The van der Waals surface area contributed by atoms with Crippen molar-refractivity contribution in [2.24, 2.45) is 0 Å². The number of nitrogens with zero attached hydrogens (tertiary/aromatic N) is 2. The average molecular weight is 358 g/mol. The number of thiazole rings is 1. The van der Waals surface area contributed by atoms with Gasteiger partial charge in [-0.2, -0.15) is 0 Å². The van der Waals surface area contributed by atoms with Crippen molar-refractivity contribution in [1.29, 1.82) is 0 Å². The number of benzene rings is 1. The molecule has 0 aliphatic heterocycles. The quantitative estimate of drug-likeness (QED) is 0.640. The second-order valence-corrected chi connectivity index (χ2v) is 6.65. The second kappa shape index (κ2) is 7.37. The summed E-state index contributed by atoms with van der Waals surface area (Å²) in [4.78, 5) is 30.3. The Hall–Kier alpha value is -2.51. The number of ether oxygens (including phenoxy) is 1. The van der Waals surface area contributed by atoms with Crippen LogP contribution in [0.25, 0.3) is 0 Å². The number of carbonyl (C=O) groups is 2. The van der Waals surface area contributed by atoms with Crippen LogP contribution in [0.2, 0.25) is 0 Å². The summed E-state index contributed by atoms with van der Waals surface area (Å²) in [7, 11) is 0. The minimum absolute atomic E-state index is 0.0772. The van der Waals surface area contributed by atoms with Crippen LogP contribution in [0.15, 0.2) is 53.2 Å². The third kappa shape index (κ3) is 3.69. The first-order valence-electron chi connectivity index (χ1n) is 7.16. The minimum Gasteiger partial charge on any atom is -0.455 e. The monoisotopic (exact) mass is 358 g/mol. The van der Waals surface area contributed by atoms with Crippen molar-refractivity contribution in [2.75, 3.05) is 4.90 Å². The second-order valence-electron chi connectivity index (χ2n) is 4.86. The number of anilines is 2. The Morgan fingerprint density at radius 3 is 2.58 bits per heavy atom. The van der Waals surface area contributed by atoms with Gasteiger partial charge in [-0.3, -0.25) is 9.69 Å². The molecule has 0 N–H and O–H groups in total. The van der Waals surface area contributed by atoms with E-state index in [-0.39, 0.29) is 18.5 Å². The van der Waals surface area contributed by atoms with Crippen LogP contribution in [-0.2, 0) is 16.1 Å². The fourth-order valence-corrected chi connectivity index (χ4v) is 3.56. The van der Waals surface area contributed by atoms with E-state index in [0.29, 0.717) is 15.7 Å². The maximum atomic E-state index is 12.0. The van der Waals surface area contributed by atoms with Gasteiger partial charge in [0.15, 0.2) is 5.13 Å². The zero-order valence-electron chi connectivity index (χ0n) is 12.8. The molecule has 0 radical (unpaired) electrons. The topological polar surface area (TPSA) is 59.5 Å². The van der Waals surface area contributed by atoms with Gasteiger partial charge >= 0.3 is 5.97 Å². The average Bonchev–Trinajstić information content (AvgIpc) is 3.26. The van der Waals surface area contributed by atoms with Crippen LogP contribution in [0.3, 0.4) is 0 Å². The minimum atomic E-state index is -0.369. The fourth-order valence-electron chi connectivity index (χ4n) is 2.07. The van der Waals surface area contributed by atoms with Gasteiger partial charge < -0.3 is 4.74 Å². The SMILES string of the molecule is CC(=O)N(c1ccccc1)c1nc(COC(=O)c2cccs2)cs1. The summed E-state index contributed by atoms with van der Waals surface area (Å²) in [5.41, 5.74) is 1.36. The Kier molecular flexibility index (Phi) is 5.02. The normalized spacial score (nSPS) is 10.4. The molecule has 2 aromatic heterocycles. The Bertz CT molecular complexity index is 829. The number of hydrogen-bond donors (Lipinski definition) is 0. The maximum absolute atomic E-state index is 12.0. The van der Waals surface area contributed by atoms with Crippen molar-refractivity contribution in [3.8, 4) is 0 Å². The van der Waals surface area contributed by atoms with Crippen LogP contribution < -0.4 is 4.90 Å². The molecule has 3 rings (SSSR count). The summed E-state index contributed by atoms with van der Waals surface area (Å²) < 4.78 is 5.24. The van der Waals surface area contributed by atoms with E-state index in [4.69, 9.17) is 4.74 Å². The predicted molar refractivity (Wildman–Crippen MR) is 94.8 cm³/mol. The molecule has 0 unspecified atom stereocenters. The van der Waals surface area contributed by atoms with Crippen LogP contribution in [0.4, 0.5) is 10.8 Å². The highest BCUT2D eigenvalue weighted by molar-refractivity contribution is 7.14. The predicted octanol–water partition coefficient (Wildman–Crippen LogP) is 4.25. The molecule has 0 saturated heterocycles. The number of amides is 1. The van der Waals surface area contributed by atoms with E-state index in [2.05, 4.69) is 4.98 Å². The van der Waals surface area contributed by atoms with Gasteiger partial charge in [0.2, 0.25) is 5.91 Å². The van der Waals surface area contributed by atoms with Crippen molar-refractivity contribution < 1.29 is 14.3 Å². The maximum Gasteiger partial charge on any atom is 0.348 e. The van der Waals surface area contributed by atoms with Gasteiger partial charge in [0, 0.05) is 12.3 Å². The molecule has 0 spiro atoms. The van der Waals surface area contributed by atoms with Gasteiger partial charge in [-0.25, -0.2) is 9.78 Å². The molecule has 24 heavy (non-hydrogen) atoms. The highest BCUT2D eigenvalue weighted by Crippen LogP contribution is 2.29. The summed E-state index contributed by atoms with van der Waals surface area (Å²) in [6, 6.07) is 12.8. The molecule has 0 saturated carbocycles. The van der Waals surface area contributed by atoms with E-state index >= 15 is 0 Å². The Balaban J connectivity index is 1.72. The van der Waals surface area contributed by atoms with Crippen LogP contribution in [0.5, 0.6) is 0 Å². The van der Waals surface area contributed by atoms with Crippen LogP contribution in [0, 0.1) is 0 Å². The molecular formula is C17H14N2O3S2. The molecule has 1 amide bonds. The van der Waals surface area contributed by atoms with E-state index in [9.17, 15) is 9.59 Å². The Labute approximate surface area is 147 Å². The third-order valence-electron chi connectivity index (χ3n) is 3.13. The van der Waals surface area contributed by atoms with Crippen LogP contribution >= 0.6 is 22.7 Å². The zero-order valence-corrected chi connectivity index (χ0v) is 14.5. The molecule has 0 atom stereocenters. The first kappa shape index (κ1) is 16.4. The van der Waals surface area contributed by atoms with Crippen molar-refractivity contribution >= 4 is 45.4 Å². The standard InChI is InChI=1S/C17H14N2O3S2/c1-12(20)19(14-6-3-2-4-7-14)17-18-13(11-24-17)10-22-16(21)15-8-5-9-23-15/h2-9,11H,10H2,1H3. The number of para-hydroxylation sites is 1. The highest BCUT2D eigenvalue weighted by atomic mass is 32.1. The first-order valence-corrected chi connectivity index (χ1v) is 8.92. The lowest BCUT2D eigenvalue weighted by Crippen LogP contribution is -2.22. The summed E-state index contributed by atoms with van der Waals surface area (Å²) in [5, 5.41) is 4.16. The lowest BCUT2D eigenvalue weighted by molar-refractivity contribution is -0.115. The lowest BCUT2D eigenvalue weighted by atomic mass is 10.3. The Morgan fingerprint density at radius 2 is 1.92 bits per heavy atom. The van der Waals surface area contributed by atoms with E-state index in [1.165, 1.54) is 34.5 Å². The summed E-state index contributed by atoms with van der Waals surface area (Å²) in [5.74, 6) is -0.497. The molecule has 0 aliphatic carbocycles. The number of rotatable bonds is 5. The Morgan fingerprint density at radius 1 is 1.12 bits per heavy atom. The van der Waals surface area contributed by atoms with Gasteiger partial charge in [0.25, 0.3) is 0 Å². The third-order valence-corrected chi connectivity index (χ3v) is 4.86. The molecule has 0 aliphatic rings. The highest BCUT2D eigenvalue weighted by Gasteiger charge is 2.18. The summed E-state index contributed by atoms with van der Waals surface area (Å²) in [6.07, 6.45) is 0. The van der Waals surface area contributed by atoms with Gasteiger partial charge in [-0.15, -0.1) is 22.7 Å². The molecule has 5 nitrogen and oxygen atoms in total. The van der Waals surface area contributed by atoms with Gasteiger partial charge in [-0.05, 0) is 23.6 Å². The number of carbonyl (C=O) groups excluding carboxylic acids is 2. The lowest BCUT2D eigenvalue weighted by Gasteiger charge is -2.17. The van der Waals surface area contributed by atoms with E-state index in [0.717, 1.165) is 5.69 Å². The molecule has 122 valence electrons. The molecule has 7 heteroatoms. The van der Waals surface area contributed by atoms with Crippen molar-refractivity contribution in [3.63, 3.8) is 0 Å². The van der Waals surface area contributed by atoms with Gasteiger partial charge in [0.1, 0.15) is 11.5 Å². The molecular weight excluding hydrogens is 344 g/mol. The molecule has 0 fully saturated rings. The van der Waals surface area contributed by atoms with E-state index < -0.39 is 0 Å². The first-order chi connectivity index (χ1) is 11.6. The van der Waals surface area contributed by atoms with Gasteiger partial charge in [0.05, 0.1) is 11.4 Å². The number of esters is 1. The number of thiophene rings is 1. The largest absolute Gasteiger partial charge is 0.455 e. The zero-order chi connectivity index (χ0) is 16.9. The molecule has 0 bridgehead atoms. The van der Waals surface area contributed by atoms with Crippen LogP contribution in [-0.4, -0.2) is 16.9 Å². The van der Waals surface area contributed by atoms with Crippen LogP contribution in [0.1, 0.15) is 22.3 Å². The van der Waals surface area contributed by atoms with Crippen molar-refractivity contribution in [3.05, 3.63) is 63.8 Å². The van der Waals surface area contributed by atoms with E-state index in [1.54, 1.807) is 17.5 Å². The summed E-state index contributed by atoms with van der Waals surface area (Å²) in [6.45, 7) is 1.57. The van der Waals surface area contributed by atoms with Gasteiger partial charge in [-0.1, -0.05) is 24.3 Å². The summed E-state index contributed by atoms with van der Waals surface area (Å²) >= 11 is 2.67. The molecule has 2 heterocycles. The number of hydrogen-bond acceptors (Lipinski definition) is 6. The fraction of sp³-hybridized carbons (Fsp3) is 0.118. The molecule has 1 aromatic carbocycles. The number of aromatic nitrogens is 1. The van der Waals surface area contributed by atoms with Crippen molar-refractivity contribution in [1.82, 2.24) is 4.98 Å².